The third kappa shape index (κ3) is 4.90. The lowest BCUT2D eigenvalue weighted by Gasteiger charge is -2.20. The summed E-state index contributed by atoms with van der Waals surface area (Å²) in [6.07, 6.45) is 2.20. The third-order valence-electron chi connectivity index (χ3n) is 7.21. The van der Waals surface area contributed by atoms with Gasteiger partial charge in [-0.3, -0.25) is 14.4 Å². The van der Waals surface area contributed by atoms with E-state index in [-0.39, 0.29) is 23.3 Å². The van der Waals surface area contributed by atoms with Crippen LogP contribution in [0.4, 0.5) is 0 Å². The van der Waals surface area contributed by atoms with Gasteiger partial charge >= 0.3 is 5.97 Å². The molecule has 0 aliphatic heterocycles. The number of aromatic amines is 2. The number of nitrogens with one attached hydrogen (secondary N) is 2. The number of fused-ring (bicyclic) bond motifs is 2. The van der Waals surface area contributed by atoms with Gasteiger partial charge in [-0.05, 0) is 54.6 Å². The van der Waals surface area contributed by atoms with Crippen LogP contribution >= 0.6 is 0 Å². The second kappa shape index (κ2) is 10.5. The van der Waals surface area contributed by atoms with E-state index >= 15 is 0 Å². The molecule has 0 aliphatic carbocycles. The molecule has 0 saturated heterocycles. The molecule has 0 radical (unpaired) electrons. The summed E-state index contributed by atoms with van der Waals surface area (Å²) in [6.45, 7) is 2.09. The monoisotopic (exact) mass is 527 g/mol. The Morgan fingerprint density at radius 3 is 2.62 bits per heavy atom. The summed E-state index contributed by atoms with van der Waals surface area (Å²) < 4.78 is 11.7. The smallest absolute Gasteiger partial charge is 0.306 e. The molecule has 3 aromatic heterocycles. The maximum Gasteiger partial charge on any atom is 0.306 e. The van der Waals surface area contributed by atoms with Gasteiger partial charge in [0.2, 0.25) is 0 Å². The fourth-order valence-electron chi connectivity index (χ4n) is 5.15. The molecule has 5 rings (SSSR count). The number of aryl methyl sites for hydroxylation is 2. The van der Waals surface area contributed by atoms with Crippen LogP contribution in [0.3, 0.4) is 0 Å². The number of aromatic nitrogens is 3. The Hall–Kier alpha value is -4.79. The quantitative estimate of drug-likeness (QED) is 0.261. The highest BCUT2D eigenvalue weighted by Crippen LogP contribution is 2.32. The van der Waals surface area contributed by atoms with Gasteiger partial charge in [-0.25, -0.2) is 0 Å². The average Bonchev–Trinajstić information content (AvgIpc) is 3.34. The van der Waals surface area contributed by atoms with Crippen LogP contribution in [0.15, 0.2) is 70.4 Å². The van der Waals surface area contributed by atoms with Crippen molar-refractivity contribution in [1.29, 1.82) is 0 Å². The van der Waals surface area contributed by atoms with Gasteiger partial charge in [0.15, 0.2) is 0 Å². The number of methoxy groups -OCH3 is 2. The zero-order valence-corrected chi connectivity index (χ0v) is 21.9. The highest BCUT2D eigenvalue weighted by Gasteiger charge is 2.29. The predicted octanol–water partition coefficient (Wildman–Crippen LogP) is 4.13. The summed E-state index contributed by atoms with van der Waals surface area (Å²) >= 11 is 0. The lowest BCUT2D eigenvalue weighted by molar-refractivity contribution is -0.140. The number of esters is 1. The lowest BCUT2D eigenvalue weighted by atomic mass is 9.88. The molecule has 1 atom stereocenters. The molecule has 0 spiro atoms. The predicted molar refractivity (Wildman–Crippen MR) is 149 cm³/mol. The van der Waals surface area contributed by atoms with Gasteiger partial charge in [-0.1, -0.05) is 18.2 Å². The molecule has 39 heavy (non-hydrogen) atoms. The number of hydrogen-bond donors (Lipinski definition) is 3. The number of hydrogen-bond acceptors (Lipinski definition) is 6. The van der Waals surface area contributed by atoms with Gasteiger partial charge in [-0.15, -0.1) is 0 Å². The molecule has 0 fully saturated rings. The average molecular weight is 528 g/mol. The molecule has 3 N–H and O–H groups in total. The Bertz CT molecular complexity index is 1810. The van der Waals surface area contributed by atoms with E-state index in [0.29, 0.717) is 35.3 Å². The van der Waals surface area contributed by atoms with Crippen molar-refractivity contribution in [3.63, 3.8) is 0 Å². The Balaban J connectivity index is 1.60. The van der Waals surface area contributed by atoms with Crippen LogP contribution in [0, 0.1) is 6.92 Å². The van der Waals surface area contributed by atoms with E-state index in [9.17, 15) is 19.5 Å². The first-order valence-electron chi connectivity index (χ1n) is 12.6. The molecule has 0 saturated carbocycles. The zero-order chi connectivity index (χ0) is 27.7. The SMILES string of the molecule is COC(=O)C[C@@H](c1cc2ccc(OC)cc2[nH]c1=O)c1c(O)cc(C)n(CCc2c[nH]c3ccccc23)c1=O. The maximum absolute atomic E-state index is 13.9. The van der Waals surface area contributed by atoms with Gasteiger partial charge in [0.25, 0.3) is 11.1 Å². The van der Waals surface area contributed by atoms with Crippen molar-refractivity contribution in [3.05, 3.63) is 104 Å². The Kier molecular flexibility index (Phi) is 6.98. The topological polar surface area (TPSA) is 126 Å². The number of rotatable bonds is 8. The molecular weight excluding hydrogens is 498 g/mol. The van der Waals surface area contributed by atoms with Crippen LogP contribution in [0.2, 0.25) is 0 Å². The number of H-pyrrole nitrogens is 2. The van der Waals surface area contributed by atoms with Crippen molar-refractivity contribution >= 4 is 27.8 Å². The lowest BCUT2D eigenvalue weighted by Crippen LogP contribution is -2.31. The Morgan fingerprint density at radius 2 is 1.85 bits per heavy atom. The highest BCUT2D eigenvalue weighted by atomic mass is 16.5. The minimum absolute atomic E-state index is 0.0247. The van der Waals surface area contributed by atoms with E-state index in [0.717, 1.165) is 16.5 Å². The fraction of sp³-hybridized carbons (Fsp3) is 0.233. The van der Waals surface area contributed by atoms with Crippen LogP contribution in [0.5, 0.6) is 11.5 Å². The molecule has 9 nitrogen and oxygen atoms in total. The van der Waals surface area contributed by atoms with Crippen LogP contribution in [0.1, 0.15) is 34.7 Å². The molecule has 9 heteroatoms. The summed E-state index contributed by atoms with van der Waals surface area (Å²) in [5, 5.41) is 12.7. The standard InChI is InChI=1S/C30H29N3O6/c1-17-12-26(34)28(30(37)33(17)11-10-19-16-31-24-7-5-4-6-21(19)24)22(15-27(35)39-3)23-13-18-8-9-20(38-2)14-25(18)32-29(23)36/h4-9,12-14,16,22,31,34H,10-11,15H2,1-3H3,(H,32,36)/t22-/m0/s1. The minimum Gasteiger partial charge on any atom is -0.507 e. The van der Waals surface area contributed by atoms with E-state index < -0.39 is 23.0 Å². The summed E-state index contributed by atoms with van der Waals surface area (Å²) in [7, 11) is 2.77. The summed E-state index contributed by atoms with van der Waals surface area (Å²) in [4.78, 5) is 45.7. The van der Waals surface area contributed by atoms with E-state index in [1.54, 1.807) is 35.8 Å². The summed E-state index contributed by atoms with van der Waals surface area (Å²) in [5.41, 5.74) is 2.39. The van der Waals surface area contributed by atoms with Gasteiger partial charge < -0.3 is 29.1 Å². The number of pyridine rings is 2. The first-order valence-corrected chi connectivity index (χ1v) is 12.6. The molecule has 0 bridgehead atoms. The fourth-order valence-corrected chi connectivity index (χ4v) is 5.15. The largest absolute Gasteiger partial charge is 0.507 e. The van der Waals surface area contributed by atoms with Gasteiger partial charge in [-0.2, -0.15) is 0 Å². The second-order valence-electron chi connectivity index (χ2n) is 9.49. The Morgan fingerprint density at radius 1 is 1.05 bits per heavy atom. The molecule has 0 aliphatic rings. The normalized spacial score (nSPS) is 12.1. The molecule has 0 amide bonds. The Labute approximate surface area is 223 Å². The van der Waals surface area contributed by atoms with Crippen molar-refractivity contribution in [3.8, 4) is 11.5 Å². The molecule has 2 aromatic carbocycles. The molecular formula is C30H29N3O6. The van der Waals surface area contributed by atoms with Gasteiger partial charge in [0.1, 0.15) is 11.5 Å². The number of carbonyl (C=O) groups is 1. The van der Waals surface area contributed by atoms with E-state index in [1.807, 2.05) is 30.5 Å². The molecule has 3 heterocycles. The van der Waals surface area contributed by atoms with Crippen molar-refractivity contribution < 1.29 is 19.4 Å². The van der Waals surface area contributed by atoms with Crippen LogP contribution in [0.25, 0.3) is 21.8 Å². The third-order valence-corrected chi connectivity index (χ3v) is 7.21. The van der Waals surface area contributed by atoms with Crippen molar-refractivity contribution in [2.75, 3.05) is 14.2 Å². The van der Waals surface area contributed by atoms with Gasteiger partial charge in [0.05, 0.1) is 31.7 Å². The van der Waals surface area contributed by atoms with E-state index in [1.165, 1.54) is 20.3 Å². The number of carbonyl (C=O) groups excluding carboxylic acids is 1. The van der Waals surface area contributed by atoms with E-state index in [2.05, 4.69) is 9.97 Å². The van der Waals surface area contributed by atoms with E-state index in [4.69, 9.17) is 9.47 Å². The maximum atomic E-state index is 13.9. The summed E-state index contributed by atoms with van der Waals surface area (Å²) in [5.74, 6) is -1.34. The van der Waals surface area contributed by atoms with Gasteiger partial charge in [0, 0.05) is 46.9 Å². The number of aromatic hydroxyl groups is 1. The van der Waals surface area contributed by atoms with Crippen molar-refractivity contribution in [2.24, 2.45) is 0 Å². The number of para-hydroxylation sites is 1. The first-order chi connectivity index (χ1) is 18.8. The highest BCUT2D eigenvalue weighted by molar-refractivity contribution is 5.83. The first kappa shape index (κ1) is 25.8. The minimum atomic E-state index is -1.03. The number of nitrogens with zero attached hydrogens (tertiary/aromatic N) is 1. The molecule has 200 valence electrons. The second-order valence-corrected chi connectivity index (χ2v) is 9.49. The number of benzene rings is 2. The van der Waals surface area contributed by atoms with Crippen molar-refractivity contribution in [1.82, 2.24) is 14.5 Å². The molecule has 5 aromatic rings. The summed E-state index contributed by atoms with van der Waals surface area (Å²) in [6, 6.07) is 16.3. The van der Waals surface area contributed by atoms with Crippen molar-refractivity contribution in [2.45, 2.75) is 32.2 Å². The van der Waals surface area contributed by atoms with Crippen LogP contribution in [-0.4, -0.2) is 39.8 Å². The number of ether oxygens (including phenoxy) is 2. The zero-order valence-electron chi connectivity index (χ0n) is 21.9. The molecule has 0 unspecified atom stereocenters. The van der Waals surface area contributed by atoms with Crippen LogP contribution < -0.4 is 15.9 Å². The van der Waals surface area contributed by atoms with Crippen LogP contribution in [-0.2, 0) is 22.5 Å².